The highest BCUT2D eigenvalue weighted by atomic mass is 19.1. The zero-order chi connectivity index (χ0) is 19.9. The van der Waals surface area contributed by atoms with Crippen molar-refractivity contribution >= 4 is 11.8 Å². The summed E-state index contributed by atoms with van der Waals surface area (Å²) in [6.45, 7) is 7.37. The zero-order valence-electron chi connectivity index (χ0n) is 15.9. The van der Waals surface area contributed by atoms with Crippen LogP contribution < -0.4 is 5.32 Å². The van der Waals surface area contributed by atoms with Gasteiger partial charge in [-0.3, -0.25) is 4.79 Å². The fraction of sp³-hybridized carbons (Fsp3) is 0.429. The zero-order valence-corrected chi connectivity index (χ0v) is 15.9. The molecule has 0 amide bonds. The molecule has 0 saturated heterocycles. The first-order chi connectivity index (χ1) is 12.7. The molecule has 1 unspecified atom stereocenters. The molecule has 0 spiro atoms. The number of allylic oxidation sites excluding steroid dienone is 3. The van der Waals surface area contributed by atoms with Gasteiger partial charge >= 0.3 is 5.97 Å². The summed E-state index contributed by atoms with van der Waals surface area (Å²) in [5.74, 6) is -3.60. The topological polar surface area (TPSA) is 55.4 Å². The molecule has 0 bridgehead atoms. The molecule has 1 aromatic rings. The van der Waals surface area contributed by atoms with E-state index < -0.39 is 23.5 Å². The van der Waals surface area contributed by atoms with Gasteiger partial charge in [0.1, 0.15) is 11.6 Å². The molecule has 0 radical (unpaired) electrons. The van der Waals surface area contributed by atoms with Crippen LogP contribution in [0.25, 0.3) is 0 Å². The molecule has 1 N–H and O–H groups in total. The Morgan fingerprint density at radius 3 is 2.48 bits per heavy atom. The SMILES string of the molecule is CCOC(=O)C1=C(C)NC2=C(C(=O)CC(C)(C)C2)C1c1c(F)cccc1F. The van der Waals surface area contributed by atoms with Crippen LogP contribution in [-0.2, 0) is 14.3 Å². The Morgan fingerprint density at radius 2 is 1.89 bits per heavy atom. The smallest absolute Gasteiger partial charge is 0.336 e. The molecule has 1 heterocycles. The van der Waals surface area contributed by atoms with Crippen molar-refractivity contribution in [1.29, 1.82) is 0 Å². The maximum absolute atomic E-state index is 14.7. The first-order valence-electron chi connectivity index (χ1n) is 9.01. The van der Waals surface area contributed by atoms with E-state index in [-0.39, 0.29) is 40.9 Å². The first-order valence-corrected chi connectivity index (χ1v) is 9.01. The third-order valence-corrected chi connectivity index (χ3v) is 5.02. The molecule has 1 aliphatic carbocycles. The van der Waals surface area contributed by atoms with Crippen molar-refractivity contribution in [3.8, 4) is 0 Å². The lowest BCUT2D eigenvalue weighted by Crippen LogP contribution is -2.39. The van der Waals surface area contributed by atoms with Crippen LogP contribution in [0.2, 0.25) is 0 Å². The molecular formula is C21H23F2NO3. The second-order valence-electron chi connectivity index (χ2n) is 7.79. The molecule has 0 saturated carbocycles. The lowest BCUT2D eigenvalue weighted by Gasteiger charge is -2.39. The number of benzene rings is 1. The van der Waals surface area contributed by atoms with Gasteiger partial charge in [0, 0.05) is 29.0 Å². The number of hydrogen-bond acceptors (Lipinski definition) is 4. The van der Waals surface area contributed by atoms with Crippen LogP contribution in [0.5, 0.6) is 0 Å². The highest BCUT2D eigenvalue weighted by molar-refractivity contribution is 6.04. The summed E-state index contributed by atoms with van der Waals surface area (Å²) in [6.07, 6.45) is 0.795. The van der Waals surface area contributed by atoms with Crippen molar-refractivity contribution in [3.05, 3.63) is 57.9 Å². The summed E-state index contributed by atoms with van der Waals surface area (Å²) in [4.78, 5) is 25.6. The van der Waals surface area contributed by atoms with Crippen molar-refractivity contribution in [2.75, 3.05) is 6.61 Å². The largest absolute Gasteiger partial charge is 0.463 e. The summed E-state index contributed by atoms with van der Waals surface area (Å²) < 4.78 is 34.4. The molecule has 1 atom stereocenters. The normalized spacial score (nSPS) is 21.7. The number of Topliss-reactive ketones (excluding diaryl/α,β-unsaturated/α-hetero) is 1. The van der Waals surface area contributed by atoms with Crippen LogP contribution in [-0.4, -0.2) is 18.4 Å². The van der Waals surface area contributed by atoms with Gasteiger partial charge in [-0.15, -0.1) is 0 Å². The minimum atomic E-state index is -1.12. The third kappa shape index (κ3) is 3.40. The lowest BCUT2D eigenvalue weighted by atomic mass is 9.68. The molecule has 0 fully saturated rings. The molecule has 3 rings (SSSR count). The standard InChI is InChI=1S/C21H23F2NO3/c1-5-27-20(26)16-11(2)24-14-9-21(3,4)10-15(25)18(14)19(16)17-12(22)7-6-8-13(17)23/h6-8,19,24H,5,9-10H2,1-4H3. The molecule has 4 nitrogen and oxygen atoms in total. The highest BCUT2D eigenvalue weighted by Gasteiger charge is 2.44. The Labute approximate surface area is 157 Å². The minimum Gasteiger partial charge on any atom is -0.463 e. The number of ether oxygens (including phenoxy) is 1. The number of ketones is 1. The maximum Gasteiger partial charge on any atom is 0.336 e. The van der Waals surface area contributed by atoms with Crippen LogP contribution in [0.3, 0.4) is 0 Å². The van der Waals surface area contributed by atoms with Crippen molar-refractivity contribution in [2.24, 2.45) is 5.41 Å². The minimum absolute atomic E-state index is 0.0765. The predicted molar refractivity (Wildman–Crippen MR) is 96.6 cm³/mol. The van der Waals surface area contributed by atoms with Crippen LogP contribution in [0, 0.1) is 17.0 Å². The van der Waals surface area contributed by atoms with E-state index in [9.17, 15) is 18.4 Å². The van der Waals surface area contributed by atoms with Crippen molar-refractivity contribution in [2.45, 2.75) is 46.5 Å². The maximum atomic E-state index is 14.7. The number of rotatable bonds is 3. The molecular weight excluding hydrogens is 352 g/mol. The molecule has 2 aliphatic rings. The predicted octanol–water partition coefficient (Wildman–Crippen LogP) is 4.13. The Kier molecular flexibility index (Phi) is 4.93. The summed E-state index contributed by atoms with van der Waals surface area (Å²) in [5, 5.41) is 3.13. The molecule has 0 aromatic heterocycles. The van der Waals surface area contributed by atoms with Gasteiger partial charge < -0.3 is 10.1 Å². The van der Waals surface area contributed by atoms with Crippen molar-refractivity contribution < 1.29 is 23.1 Å². The summed E-state index contributed by atoms with van der Waals surface area (Å²) in [5.41, 5.74) is 0.838. The number of hydrogen-bond donors (Lipinski definition) is 1. The van der Waals surface area contributed by atoms with Crippen molar-refractivity contribution in [1.82, 2.24) is 5.32 Å². The Hall–Kier alpha value is -2.50. The number of halogens is 2. The van der Waals surface area contributed by atoms with Crippen molar-refractivity contribution in [3.63, 3.8) is 0 Å². The quantitative estimate of drug-likeness (QED) is 0.807. The lowest BCUT2D eigenvalue weighted by molar-refractivity contribution is -0.138. The number of nitrogens with one attached hydrogen (secondary N) is 1. The Bertz CT molecular complexity index is 863. The van der Waals surface area contributed by atoms with Gasteiger partial charge in [-0.25, -0.2) is 13.6 Å². The number of carbonyl (C=O) groups excluding carboxylic acids is 2. The second kappa shape index (κ2) is 6.91. The molecule has 27 heavy (non-hydrogen) atoms. The van der Waals surface area contributed by atoms with Gasteiger partial charge in [0.25, 0.3) is 0 Å². The van der Waals surface area contributed by atoms with Gasteiger partial charge in [-0.1, -0.05) is 19.9 Å². The summed E-state index contributed by atoms with van der Waals surface area (Å²) in [6, 6.07) is 3.53. The van der Waals surface area contributed by atoms with E-state index in [2.05, 4.69) is 5.32 Å². The van der Waals surface area contributed by atoms with E-state index in [0.717, 1.165) is 12.1 Å². The van der Waals surface area contributed by atoms with Crippen LogP contribution in [0.15, 0.2) is 40.7 Å². The van der Waals surface area contributed by atoms with E-state index in [4.69, 9.17) is 4.74 Å². The van der Waals surface area contributed by atoms with E-state index in [1.807, 2.05) is 13.8 Å². The number of dihydropyridines is 1. The highest BCUT2D eigenvalue weighted by Crippen LogP contribution is 2.47. The fourth-order valence-electron chi connectivity index (χ4n) is 3.99. The van der Waals surface area contributed by atoms with Gasteiger partial charge in [-0.05, 0) is 37.8 Å². The van der Waals surface area contributed by atoms with Gasteiger partial charge in [0.2, 0.25) is 0 Å². The monoisotopic (exact) mass is 375 g/mol. The number of esters is 1. The van der Waals surface area contributed by atoms with E-state index in [0.29, 0.717) is 17.8 Å². The van der Waals surface area contributed by atoms with Gasteiger partial charge in [-0.2, -0.15) is 0 Å². The molecule has 1 aliphatic heterocycles. The molecule has 6 heteroatoms. The van der Waals surface area contributed by atoms with Crippen LogP contribution in [0.1, 0.15) is 52.0 Å². The van der Waals surface area contributed by atoms with Gasteiger partial charge in [0.05, 0.1) is 18.1 Å². The fourth-order valence-corrected chi connectivity index (χ4v) is 3.99. The molecule has 144 valence electrons. The van der Waals surface area contributed by atoms with E-state index in [1.165, 1.54) is 6.07 Å². The average molecular weight is 375 g/mol. The third-order valence-electron chi connectivity index (χ3n) is 5.02. The Morgan fingerprint density at radius 1 is 1.26 bits per heavy atom. The van der Waals surface area contributed by atoms with Crippen LogP contribution >= 0.6 is 0 Å². The summed E-state index contributed by atoms with van der Waals surface area (Å²) in [7, 11) is 0. The average Bonchev–Trinajstić information content (AvgIpc) is 2.52. The van der Waals surface area contributed by atoms with E-state index >= 15 is 0 Å². The summed E-state index contributed by atoms with van der Waals surface area (Å²) >= 11 is 0. The van der Waals surface area contributed by atoms with E-state index in [1.54, 1.807) is 13.8 Å². The Balaban J connectivity index is 2.26. The first kappa shape index (κ1) is 19.3. The number of carbonyl (C=O) groups is 2. The van der Waals surface area contributed by atoms with Crippen LogP contribution in [0.4, 0.5) is 8.78 Å². The molecule has 1 aromatic carbocycles. The second-order valence-corrected chi connectivity index (χ2v) is 7.79. The van der Waals surface area contributed by atoms with Gasteiger partial charge in [0.15, 0.2) is 5.78 Å².